The number of nitrogens with one attached hydrogen (secondary N) is 1. The molecule has 1 N–H and O–H groups in total. The molecule has 1 aliphatic carbocycles. The van der Waals surface area contributed by atoms with Gasteiger partial charge in [-0.05, 0) is 49.3 Å². The lowest BCUT2D eigenvalue weighted by atomic mass is 9.88. The molecule has 0 radical (unpaired) electrons. The number of carbonyl (C=O) groups is 2. The van der Waals surface area contributed by atoms with Gasteiger partial charge in [0.05, 0.1) is 16.6 Å². The van der Waals surface area contributed by atoms with Gasteiger partial charge in [0.1, 0.15) is 16.6 Å². The number of hydrogen-bond acceptors (Lipinski definition) is 7. The van der Waals surface area contributed by atoms with Crippen LogP contribution in [0.15, 0.2) is 30.6 Å². The molecule has 1 aromatic carbocycles. The molecule has 158 valence electrons. The Bertz CT molecular complexity index is 1190. The molecule has 2 unspecified atom stereocenters. The first-order chi connectivity index (χ1) is 15.0. The molecule has 2 atom stereocenters. The Labute approximate surface area is 184 Å². The maximum Gasteiger partial charge on any atom is 0.341 e. The van der Waals surface area contributed by atoms with Gasteiger partial charge < -0.3 is 10.1 Å². The minimum atomic E-state index is -0.982. The molecule has 8 heteroatoms. The summed E-state index contributed by atoms with van der Waals surface area (Å²) in [5, 5.41) is 13.0. The largest absolute Gasteiger partial charge is 0.449 e. The lowest BCUT2D eigenvalue weighted by Gasteiger charge is -2.17. The number of anilines is 1. The number of nitriles is 1. The van der Waals surface area contributed by atoms with Gasteiger partial charge in [-0.15, -0.1) is 11.3 Å². The Kier molecular flexibility index (Phi) is 5.96. The second-order valence-electron chi connectivity index (χ2n) is 7.69. The molecule has 0 saturated heterocycles. The van der Waals surface area contributed by atoms with Crippen molar-refractivity contribution in [1.29, 1.82) is 5.26 Å². The van der Waals surface area contributed by atoms with Gasteiger partial charge in [-0.1, -0.05) is 19.9 Å². The molecule has 0 aliphatic heterocycles. The van der Waals surface area contributed by atoms with E-state index in [1.54, 1.807) is 31.3 Å². The standard InChI is InChI=1S/C23H22N4O3S/c1-3-18(30-23(29)15-5-4-6-17-20(15)26-10-9-25-17)21(28)27-22-16(12-24)14-8-7-13(2)11-19(14)31-22/h4-6,9-10,13,18H,3,7-8,11H2,1-2H3,(H,27,28). The summed E-state index contributed by atoms with van der Waals surface area (Å²) in [6.45, 7) is 3.96. The van der Waals surface area contributed by atoms with E-state index in [1.165, 1.54) is 17.5 Å². The molecular formula is C23H22N4O3S. The van der Waals surface area contributed by atoms with Gasteiger partial charge in [-0.25, -0.2) is 4.79 Å². The molecule has 2 aromatic heterocycles. The van der Waals surface area contributed by atoms with Crippen LogP contribution in [-0.4, -0.2) is 27.9 Å². The summed E-state index contributed by atoms with van der Waals surface area (Å²) in [6, 6.07) is 7.30. The van der Waals surface area contributed by atoms with E-state index in [0.717, 1.165) is 29.7 Å². The lowest BCUT2D eigenvalue weighted by Crippen LogP contribution is -2.32. The number of fused-ring (bicyclic) bond motifs is 2. The summed E-state index contributed by atoms with van der Waals surface area (Å²) >= 11 is 1.45. The molecule has 31 heavy (non-hydrogen) atoms. The third-order valence-corrected chi connectivity index (χ3v) is 6.66. The topological polar surface area (TPSA) is 105 Å². The number of esters is 1. The highest BCUT2D eigenvalue weighted by molar-refractivity contribution is 7.16. The summed E-state index contributed by atoms with van der Waals surface area (Å²) in [4.78, 5) is 35.2. The van der Waals surface area contributed by atoms with Crippen molar-refractivity contribution in [2.75, 3.05) is 5.32 Å². The van der Waals surface area contributed by atoms with Crippen LogP contribution in [0.4, 0.5) is 5.00 Å². The average Bonchev–Trinajstić information content (AvgIpc) is 3.12. The van der Waals surface area contributed by atoms with E-state index in [9.17, 15) is 14.9 Å². The zero-order valence-electron chi connectivity index (χ0n) is 17.3. The molecule has 3 aromatic rings. The van der Waals surface area contributed by atoms with Gasteiger partial charge in [0, 0.05) is 17.3 Å². The molecule has 7 nitrogen and oxygen atoms in total. The quantitative estimate of drug-likeness (QED) is 0.602. The van der Waals surface area contributed by atoms with Gasteiger partial charge >= 0.3 is 5.97 Å². The van der Waals surface area contributed by atoms with Crippen LogP contribution in [0.5, 0.6) is 0 Å². The highest BCUT2D eigenvalue weighted by Gasteiger charge is 2.28. The van der Waals surface area contributed by atoms with Gasteiger partial charge in [0.2, 0.25) is 0 Å². The van der Waals surface area contributed by atoms with Crippen molar-refractivity contribution in [2.45, 2.75) is 45.6 Å². The van der Waals surface area contributed by atoms with Crippen LogP contribution in [0.3, 0.4) is 0 Å². The fourth-order valence-electron chi connectivity index (χ4n) is 3.82. The number of hydrogen-bond donors (Lipinski definition) is 1. The van der Waals surface area contributed by atoms with E-state index in [2.05, 4.69) is 28.3 Å². The third-order valence-electron chi connectivity index (χ3n) is 5.49. The van der Waals surface area contributed by atoms with E-state index in [4.69, 9.17) is 4.74 Å². The molecule has 1 aliphatic rings. The van der Waals surface area contributed by atoms with Crippen molar-refractivity contribution in [3.8, 4) is 6.07 Å². The minimum Gasteiger partial charge on any atom is -0.449 e. The van der Waals surface area contributed by atoms with Gasteiger partial charge in [-0.2, -0.15) is 5.26 Å². The second-order valence-corrected chi connectivity index (χ2v) is 8.79. The van der Waals surface area contributed by atoms with Gasteiger partial charge in [0.25, 0.3) is 5.91 Å². The van der Waals surface area contributed by atoms with Crippen LogP contribution in [0.25, 0.3) is 11.0 Å². The van der Waals surface area contributed by atoms with Crippen LogP contribution in [-0.2, 0) is 22.4 Å². The predicted molar refractivity (Wildman–Crippen MR) is 118 cm³/mol. The van der Waals surface area contributed by atoms with Crippen molar-refractivity contribution in [2.24, 2.45) is 5.92 Å². The van der Waals surface area contributed by atoms with Gasteiger partial charge in [-0.3, -0.25) is 14.8 Å². The zero-order chi connectivity index (χ0) is 22.0. The summed E-state index contributed by atoms with van der Waals surface area (Å²) in [7, 11) is 0. The van der Waals surface area contributed by atoms with Crippen molar-refractivity contribution < 1.29 is 14.3 Å². The van der Waals surface area contributed by atoms with Crippen molar-refractivity contribution in [3.05, 3.63) is 52.2 Å². The molecule has 1 amide bonds. The Morgan fingerprint density at radius 1 is 1.35 bits per heavy atom. The zero-order valence-corrected chi connectivity index (χ0v) is 18.2. The first-order valence-corrected chi connectivity index (χ1v) is 11.1. The van der Waals surface area contributed by atoms with E-state index in [0.29, 0.717) is 33.9 Å². The van der Waals surface area contributed by atoms with Crippen LogP contribution < -0.4 is 5.32 Å². The fraction of sp³-hybridized carbons (Fsp3) is 0.348. The Morgan fingerprint density at radius 2 is 2.16 bits per heavy atom. The summed E-state index contributed by atoms with van der Waals surface area (Å²) in [5.41, 5.74) is 2.84. The number of para-hydroxylation sites is 1. The molecule has 0 bridgehead atoms. The van der Waals surface area contributed by atoms with E-state index >= 15 is 0 Å². The molecule has 0 saturated carbocycles. The maximum absolute atomic E-state index is 12.9. The summed E-state index contributed by atoms with van der Waals surface area (Å²) in [6.07, 6.45) is 5.18. The van der Waals surface area contributed by atoms with Crippen molar-refractivity contribution >= 4 is 39.2 Å². The number of thiophene rings is 1. The third kappa shape index (κ3) is 4.14. The maximum atomic E-state index is 12.9. The highest BCUT2D eigenvalue weighted by Crippen LogP contribution is 2.39. The van der Waals surface area contributed by atoms with Crippen LogP contribution in [0, 0.1) is 17.2 Å². The molecular weight excluding hydrogens is 412 g/mol. The fourth-order valence-corrected chi connectivity index (χ4v) is 5.19. The van der Waals surface area contributed by atoms with Crippen LogP contribution in [0.2, 0.25) is 0 Å². The number of amides is 1. The lowest BCUT2D eigenvalue weighted by molar-refractivity contribution is -0.124. The Morgan fingerprint density at radius 3 is 2.94 bits per heavy atom. The second kappa shape index (κ2) is 8.82. The number of carbonyl (C=O) groups excluding carboxylic acids is 2. The number of nitrogens with zero attached hydrogens (tertiary/aromatic N) is 3. The average molecular weight is 435 g/mol. The normalized spacial score (nSPS) is 16.2. The monoisotopic (exact) mass is 434 g/mol. The first kappa shape index (κ1) is 20.9. The van der Waals surface area contributed by atoms with Crippen molar-refractivity contribution in [3.63, 3.8) is 0 Å². The molecule has 0 fully saturated rings. The smallest absolute Gasteiger partial charge is 0.341 e. The SMILES string of the molecule is CCC(OC(=O)c1cccc2nccnc12)C(=O)Nc1sc2c(c1C#N)CCC(C)C2. The van der Waals surface area contributed by atoms with E-state index < -0.39 is 18.0 Å². The highest BCUT2D eigenvalue weighted by atomic mass is 32.1. The summed E-state index contributed by atoms with van der Waals surface area (Å²) < 4.78 is 5.52. The number of rotatable bonds is 5. The van der Waals surface area contributed by atoms with Crippen molar-refractivity contribution in [1.82, 2.24) is 9.97 Å². The molecule has 4 rings (SSSR count). The number of aromatic nitrogens is 2. The van der Waals surface area contributed by atoms with E-state index in [1.807, 2.05) is 0 Å². The van der Waals surface area contributed by atoms with Gasteiger partial charge in [0.15, 0.2) is 6.10 Å². The Balaban J connectivity index is 1.53. The molecule has 0 spiro atoms. The van der Waals surface area contributed by atoms with E-state index in [-0.39, 0.29) is 5.56 Å². The first-order valence-electron chi connectivity index (χ1n) is 10.3. The van der Waals surface area contributed by atoms with Crippen LogP contribution >= 0.6 is 11.3 Å². The molecule has 2 heterocycles. The minimum absolute atomic E-state index is 0.259. The predicted octanol–water partition coefficient (Wildman–Crippen LogP) is 4.26. The van der Waals surface area contributed by atoms with Crippen LogP contribution in [0.1, 0.15) is 53.1 Å². The summed E-state index contributed by atoms with van der Waals surface area (Å²) in [5.74, 6) is -0.507. The number of benzene rings is 1. The Hall–Kier alpha value is -3.31. The number of ether oxygens (including phenoxy) is 1.